The topological polar surface area (TPSA) is 102 Å². The van der Waals surface area contributed by atoms with E-state index < -0.39 is 29.6 Å². The number of ether oxygens (including phenoxy) is 2. The summed E-state index contributed by atoms with van der Waals surface area (Å²) >= 11 is 19.0. The van der Waals surface area contributed by atoms with E-state index in [4.69, 9.17) is 39.5 Å². The summed E-state index contributed by atoms with van der Waals surface area (Å²) in [6, 6.07) is 9.50. The highest BCUT2D eigenvalue weighted by atomic mass is 35.5. The van der Waals surface area contributed by atoms with Crippen molar-refractivity contribution < 1.29 is 28.7 Å². The van der Waals surface area contributed by atoms with Crippen LogP contribution >= 0.6 is 46.6 Å². The van der Waals surface area contributed by atoms with Crippen molar-refractivity contribution in [3.63, 3.8) is 0 Å². The fourth-order valence-electron chi connectivity index (χ4n) is 2.67. The number of benzene rings is 2. The van der Waals surface area contributed by atoms with Crippen LogP contribution in [0.3, 0.4) is 0 Å². The van der Waals surface area contributed by atoms with Crippen LogP contribution in [-0.2, 0) is 19.1 Å². The number of nitrogens with one attached hydrogen (secondary N) is 1. The molecule has 0 unspecified atom stereocenters. The van der Waals surface area contributed by atoms with Crippen LogP contribution < -0.4 is 10.1 Å². The predicted octanol–water partition coefficient (Wildman–Crippen LogP) is 4.87. The third-order valence-corrected chi connectivity index (χ3v) is 6.00. The predicted molar refractivity (Wildman–Crippen MR) is 127 cm³/mol. The molecule has 2 aromatic rings. The van der Waals surface area contributed by atoms with Crippen LogP contribution in [0.4, 0.5) is 10.5 Å². The lowest BCUT2D eigenvalue weighted by molar-refractivity contribution is -0.142. The van der Waals surface area contributed by atoms with Gasteiger partial charge in [-0.2, -0.15) is 0 Å². The van der Waals surface area contributed by atoms with E-state index >= 15 is 0 Å². The maximum Gasteiger partial charge on any atom is 0.343 e. The lowest BCUT2D eigenvalue weighted by Gasteiger charge is -2.13. The Bertz CT molecular complexity index is 1150. The van der Waals surface area contributed by atoms with E-state index in [-0.39, 0.29) is 27.3 Å². The number of thioether (sulfide) groups is 1. The van der Waals surface area contributed by atoms with E-state index in [0.29, 0.717) is 28.0 Å². The van der Waals surface area contributed by atoms with Crippen LogP contribution in [0.15, 0.2) is 41.3 Å². The zero-order valence-electron chi connectivity index (χ0n) is 16.9. The van der Waals surface area contributed by atoms with Crippen molar-refractivity contribution in [3.05, 3.63) is 61.9 Å². The zero-order chi connectivity index (χ0) is 24.1. The number of rotatable bonds is 7. The van der Waals surface area contributed by atoms with Crippen molar-refractivity contribution in [2.45, 2.75) is 0 Å². The van der Waals surface area contributed by atoms with Crippen molar-refractivity contribution in [2.24, 2.45) is 0 Å². The Labute approximate surface area is 207 Å². The molecular weight excluding hydrogens is 515 g/mol. The molecule has 33 heavy (non-hydrogen) atoms. The average molecular weight is 530 g/mol. The summed E-state index contributed by atoms with van der Waals surface area (Å²) in [7, 11) is 1.21. The largest absolute Gasteiger partial charge is 0.479 e. The maximum atomic E-state index is 12.7. The monoisotopic (exact) mass is 528 g/mol. The second-order valence-corrected chi connectivity index (χ2v) is 8.69. The van der Waals surface area contributed by atoms with Gasteiger partial charge in [0.15, 0.2) is 12.4 Å². The van der Waals surface area contributed by atoms with Crippen LogP contribution in [0.25, 0.3) is 6.08 Å². The van der Waals surface area contributed by atoms with E-state index in [1.54, 1.807) is 24.3 Å². The van der Waals surface area contributed by atoms with E-state index in [2.05, 4.69) is 10.1 Å². The fraction of sp³-hybridized carbons (Fsp3) is 0.143. The number of esters is 1. The molecular formula is C21H15Cl3N2O6S. The van der Waals surface area contributed by atoms with Crippen LogP contribution in [-0.4, -0.2) is 48.2 Å². The summed E-state index contributed by atoms with van der Waals surface area (Å²) in [6.07, 6.45) is 1.42. The van der Waals surface area contributed by atoms with E-state index in [1.165, 1.54) is 25.3 Å². The minimum atomic E-state index is -0.641. The second kappa shape index (κ2) is 10.9. The standard InChI is InChI=1S/C21H15Cl3N2O6S/c1-31-18(28)10-32-19-13(23)6-11(7-14(19)24)8-16-20(29)26(21(30)33-16)9-17(27)25-15-5-3-2-4-12(15)22/h2-8H,9-10H2,1H3,(H,25,27)/b16-8+. The number of carbonyl (C=O) groups is 4. The van der Waals surface area contributed by atoms with Gasteiger partial charge in [0.25, 0.3) is 11.1 Å². The first-order valence-electron chi connectivity index (χ1n) is 9.18. The smallest absolute Gasteiger partial charge is 0.343 e. The Morgan fingerprint density at radius 2 is 1.76 bits per heavy atom. The molecule has 1 aliphatic heterocycles. The first kappa shape index (κ1) is 24.9. The molecule has 0 saturated carbocycles. The molecule has 1 N–H and O–H groups in total. The number of hydrogen-bond acceptors (Lipinski definition) is 7. The first-order chi connectivity index (χ1) is 15.7. The molecule has 8 nitrogen and oxygen atoms in total. The number of amides is 3. The first-order valence-corrected chi connectivity index (χ1v) is 11.1. The molecule has 1 heterocycles. The van der Waals surface area contributed by atoms with Crippen LogP contribution in [0.5, 0.6) is 5.75 Å². The molecule has 1 aliphatic rings. The summed E-state index contributed by atoms with van der Waals surface area (Å²) in [5.41, 5.74) is 0.784. The van der Waals surface area contributed by atoms with E-state index in [9.17, 15) is 19.2 Å². The van der Waals surface area contributed by atoms with Gasteiger partial charge in [-0.05, 0) is 47.7 Å². The number of para-hydroxylation sites is 1. The minimum Gasteiger partial charge on any atom is -0.479 e. The van der Waals surface area contributed by atoms with Gasteiger partial charge in [0.1, 0.15) is 6.54 Å². The molecule has 0 spiro atoms. The summed E-state index contributed by atoms with van der Waals surface area (Å²) in [5, 5.41) is 2.47. The number of hydrogen-bond donors (Lipinski definition) is 1. The molecule has 0 atom stereocenters. The molecule has 12 heteroatoms. The van der Waals surface area contributed by atoms with Gasteiger partial charge in [0.2, 0.25) is 5.91 Å². The van der Waals surface area contributed by atoms with Crippen LogP contribution in [0, 0.1) is 0 Å². The zero-order valence-corrected chi connectivity index (χ0v) is 20.0. The highest BCUT2D eigenvalue weighted by Crippen LogP contribution is 2.37. The molecule has 0 aliphatic carbocycles. The molecule has 1 saturated heterocycles. The molecule has 0 radical (unpaired) electrons. The Kier molecular flexibility index (Phi) is 8.25. The third-order valence-electron chi connectivity index (χ3n) is 4.20. The van der Waals surface area contributed by atoms with Crippen LogP contribution in [0.1, 0.15) is 5.56 Å². The quantitative estimate of drug-likeness (QED) is 0.403. The lowest BCUT2D eigenvalue weighted by Crippen LogP contribution is -2.36. The van der Waals surface area contributed by atoms with Gasteiger partial charge >= 0.3 is 5.97 Å². The van der Waals surface area contributed by atoms with Gasteiger partial charge < -0.3 is 14.8 Å². The Hall–Kier alpha value is -2.72. The summed E-state index contributed by atoms with van der Waals surface area (Å²) in [4.78, 5) is 49.5. The molecule has 0 bridgehead atoms. The Morgan fingerprint density at radius 1 is 1.09 bits per heavy atom. The second-order valence-electron chi connectivity index (χ2n) is 6.47. The summed E-state index contributed by atoms with van der Waals surface area (Å²) in [5.74, 6) is -1.76. The molecule has 0 aromatic heterocycles. The SMILES string of the molecule is COC(=O)COc1c(Cl)cc(/C=C2/SC(=O)N(CC(=O)Nc3ccccc3Cl)C2=O)cc1Cl. The average Bonchev–Trinajstić information content (AvgIpc) is 3.01. The Morgan fingerprint density at radius 3 is 2.39 bits per heavy atom. The van der Waals surface area contributed by atoms with Gasteiger partial charge in [-0.25, -0.2) is 4.79 Å². The summed E-state index contributed by atoms with van der Waals surface area (Å²) < 4.78 is 9.74. The number of imide groups is 1. The third kappa shape index (κ3) is 6.20. The number of carbonyl (C=O) groups excluding carboxylic acids is 4. The number of anilines is 1. The van der Waals surface area contributed by atoms with Gasteiger partial charge in [-0.15, -0.1) is 0 Å². The molecule has 3 amide bonds. The van der Waals surface area contributed by atoms with Crippen molar-refractivity contribution in [3.8, 4) is 5.75 Å². The number of halogens is 3. The summed E-state index contributed by atoms with van der Waals surface area (Å²) in [6.45, 7) is -0.862. The Balaban J connectivity index is 1.72. The van der Waals surface area contributed by atoms with Crippen LogP contribution in [0.2, 0.25) is 15.1 Å². The van der Waals surface area contributed by atoms with E-state index in [1.807, 2.05) is 0 Å². The number of methoxy groups -OCH3 is 1. The van der Waals surface area contributed by atoms with Gasteiger partial charge in [-0.1, -0.05) is 46.9 Å². The molecule has 3 rings (SSSR count). The minimum absolute atomic E-state index is 0.0743. The van der Waals surface area contributed by atoms with E-state index in [0.717, 1.165) is 4.90 Å². The molecule has 2 aromatic carbocycles. The highest BCUT2D eigenvalue weighted by molar-refractivity contribution is 8.18. The lowest BCUT2D eigenvalue weighted by atomic mass is 10.2. The van der Waals surface area contributed by atoms with Crippen molar-refractivity contribution in [1.82, 2.24) is 4.90 Å². The maximum absolute atomic E-state index is 12.7. The van der Waals surface area contributed by atoms with Crippen molar-refractivity contribution in [1.29, 1.82) is 0 Å². The highest BCUT2D eigenvalue weighted by Gasteiger charge is 2.36. The van der Waals surface area contributed by atoms with Gasteiger partial charge in [-0.3, -0.25) is 19.3 Å². The normalized spacial score (nSPS) is 14.5. The van der Waals surface area contributed by atoms with Crippen molar-refractivity contribution in [2.75, 3.05) is 25.6 Å². The van der Waals surface area contributed by atoms with Gasteiger partial charge in [0.05, 0.1) is 32.8 Å². The molecule has 1 fully saturated rings. The van der Waals surface area contributed by atoms with Crippen molar-refractivity contribution >= 4 is 81.4 Å². The fourth-order valence-corrected chi connectivity index (χ4v) is 4.31. The number of nitrogens with zero attached hydrogens (tertiary/aromatic N) is 1. The molecule has 172 valence electrons. The van der Waals surface area contributed by atoms with Gasteiger partial charge in [0, 0.05) is 0 Å².